The Morgan fingerprint density at radius 1 is 1.18 bits per heavy atom. The highest BCUT2D eigenvalue weighted by molar-refractivity contribution is 6.34. The van der Waals surface area contributed by atoms with E-state index >= 15 is 0 Å². The van der Waals surface area contributed by atoms with E-state index in [1.54, 1.807) is 12.1 Å². The highest BCUT2D eigenvalue weighted by Gasteiger charge is 2.29. The molecule has 2 N–H and O–H groups in total. The largest absolute Gasteiger partial charge is 0.351 e. The standard InChI is InChI=1S/C24H28ClFN4O4/c1-15(2)22(28-23(31)20-8-7-19(30(33)34)13-21(20)25)24(32)27-18-9-11-29(12-10-18)14-16-3-5-17(26)6-4-16/h3-8,13,15,18,22H,9-12,14H2,1-2H3,(H,27,32)(H,28,31). The Morgan fingerprint density at radius 3 is 2.38 bits per heavy atom. The van der Waals surface area contributed by atoms with Gasteiger partial charge in [0.05, 0.1) is 15.5 Å². The number of nitro benzene ring substituents is 1. The van der Waals surface area contributed by atoms with Crippen LogP contribution in [0.2, 0.25) is 5.02 Å². The van der Waals surface area contributed by atoms with Crippen molar-refractivity contribution in [1.29, 1.82) is 0 Å². The van der Waals surface area contributed by atoms with Gasteiger partial charge in [0.15, 0.2) is 0 Å². The number of likely N-dealkylation sites (tertiary alicyclic amines) is 1. The van der Waals surface area contributed by atoms with Crippen molar-refractivity contribution < 1.29 is 18.9 Å². The average Bonchev–Trinajstić information content (AvgIpc) is 2.79. The molecular weight excluding hydrogens is 463 g/mol. The van der Waals surface area contributed by atoms with Crippen molar-refractivity contribution in [1.82, 2.24) is 15.5 Å². The number of amides is 2. The molecule has 0 saturated carbocycles. The Hall–Kier alpha value is -3.04. The Balaban J connectivity index is 1.54. The van der Waals surface area contributed by atoms with Crippen molar-refractivity contribution in [2.24, 2.45) is 5.92 Å². The molecule has 182 valence electrons. The first kappa shape index (κ1) is 25.6. The molecule has 1 heterocycles. The van der Waals surface area contributed by atoms with E-state index in [2.05, 4.69) is 15.5 Å². The van der Waals surface area contributed by atoms with Gasteiger partial charge in [-0.3, -0.25) is 24.6 Å². The van der Waals surface area contributed by atoms with Gasteiger partial charge in [0.1, 0.15) is 11.9 Å². The van der Waals surface area contributed by atoms with E-state index < -0.39 is 16.9 Å². The van der Waals surface area contributed by atoms with E-state index in [0.717, 1.165) is 44.1 Å². The molecule has 1 atom stereocenters. The first-order valence-corrected chi connectivity index (χ1v) is 11.5. The summed E-state index contributed by atoms with van der Waals surface area (Å²) in [4.78, 5) is 38.2. The topological polar surface area (TPSA) is 105 Å². The van der Waals surface area contributed by atoms with Gasteiger partial charge < -0.3 is 10.6 Å². The summed E-state index contributed by atoms with van der Waals surface area (Å²) in [7, 11) is 0. The highest BCUT2D eigenvalue weighted by atomic mass is 35.5. The third-order valence-corrected chi connectivity index (χ3v) is 6.21. The number of piperidine rings is 1. The molecule has 1 aliphatic rings. The van der Waals surface area contributed by atoms with Crippen LogP contribution < -0.4 is 10.6 Å². The summed E-state index contributed by atoms with van der Waals surface area (Å²) >= 11 is 6.06. The van der Waals surface area contributed by atoms with Crippen LogP contribution in [-0.4, -0.2) is 46.8 Å². The van der Waals surface area contributed by atoms with Crippen molar-refractivity contribution in [3.05, 3.63) is 74.5 Å². The van der Waals surface area contributed by atoms with Crippen LogP contribution in [0.15, 0.2) is 42.5 Å². The number of carbonyl (C=O) groups is 2. The van der Waals surface area contributed by atoms with Crippen LogP contribution in [0.3, 0.4) is 0 Å². The van der Waals surface area contributed by atoms with Gasteiger partial charge in [0.2, 0.25) is 5.91 Å². The minimum absolute atomic E-state index is 0.0157. The minimum Gasteiger partial charge on any atom is -0.351 e. The monoisotopic (exact) mass is 490 g/mol. The molecule has 3 rings (SSSR count). The zero-order valence-electron chi connectivity index (χ0n) is 19.1. The molecule has 0 aliphatic carbocycles. The van der Waals surface area contributed by atoms with Gasteiger partial charge in [-0.05, 0) is 42.5 Å². The summed E-state index contributed by atoms with van der Waals surface area (Å²) in [5.41, 5.74) is 0.890. The SMILES string of the molecule is CC(C)C(NC(=O)c1ccc([N+](=O)[O-])cc1Cl)C(=O)NC1CCN(Cc2ccc(F)cc2)CC1. The molecule has 0 radical (unpaired) electrons. The first-order valence-electron chi connectivity index (χ1n) is 11.2. The number of non-ortho nitro benzene ring substituents is 1. The van der Waals surface area contributed by atoms with Crippen molar-refractivity contribution in [3.63, 3.8) is 0 Å². The summed E-state index contributed by atoms with van der Waals surface area (Å²) in [5, 5.41) is 16.6. The summed E-state index contributed by atoms with van der Waals surface area (Å²) in [5.74, 6) is -1.28. The van der Waals surface area contributed by atoms with E-state index in [0.29, 0.717) is 0 Å². The molecule has 10 heteroatoms. The third-order valence-electron chi connectivity index (χ3n) is 5.90. The summed E-state index contributed by atoms with van der Waals surface area (Å²) in [6.07, 6.45) is 1.53. The number of rotatable bonds is 8. The molecular formula is C24H28ClFN4O4. The lowest BCUT2D eigenvalue weighted by Crippen LogP contribution is -2.54. The molecule has 1 unspecified atom stereocenters. The first-order chi connectivity index (χ1) is 16.1. The molecule has 0 bridgehead atoms. The second-order valence-electron chi connectivity index (χ2n) is 8.80. The van der Waals surface area contributed by atoms with Gasteiger partial charge in [-0.15, -0.1) is 0 Å². The zero-order chi connectivity index (χ0) is 24.8. The van der Waals surface area contributed by atoms with Gasteiger partial charge >= 0.3 is 0 Å². The van der Waals surface area contributed by atoms with Gasteiger partial charge in [-0.1, -0.05) is 37.6 Å². The number of benzene rings is 2. The summed E-state index contributed by atoms with van der Waals surface area (Å²) < 4.78 is 13.1. The number of nitrogens with one attached hydrogen (secondary N) is 2. The Bertz CT molecular complexity index is 1040. The van der Waals surface area contributed by atoms with E-state index in [9.17, 15) is 24.1 Å². The summed E-state index contributed by atoms with van der Waals surface area (Å²) in [6, 6.07) is 9.24. The van der Waals surface area contributed by atoms with E-state index in [-0.39, 0.29) is 40.0 Å². The van der Waals surface area contributed by atoms with Crippen molar-refractivity contribution in [2.75, 3.05) is 13.1 Å². The number of halogens is 2. The smallest absolute Gasteiger partial charge is 0.270 e. The molecule has 8 nitrogen and oxygen atoms in total. The molecule has 0 aromatic heterocycles. The van der Waals surface area contributed by atoms with Crippen LogP contribution in [0.4, 0.5) is 10.1 Å². The third kappa shape index (κ3) is 6.74. The van der Waals surface area contributed by atoms with Crippen LogP contribution in [-0.2, 0) is 11.3 Å². The van der Waals surface area contributed by atoms with Gasteiger partial charge in [0.25, 0.3) is 11.6 Å². The van der Waals surface area contributed by atoms with E-state index in [1.807, 2.05) is 13.8 Å². The van der Waals surface area contributed by atoms with Crippen LogP contribution in [0.25, 0.3) is 0 Å². The maximum absolute atomic E-state index is 13.1. The average molecular weight is 491 g/mol. The molecule has 1 fully saturated rings. The van der Waals surface area contributed by atoms with Crippen molar-refractivity contribution in [2.45, 2.75) is 45.3 Å². The minimum atomic E-state index is -0.781. The lowest BCUT2D eigenvalue weighted by atomic mass is 10.00. The molecule has 2 aromatic carbocycles. The molecule has 1 aliphatic heterocycles. The second-order valence-corrected chi connectivity index (χ2v) is 9.21. The Kier molecular flexibility index (Phi) is 8.57. The zero-order valence-corrected chi connectivity index (χ0v) is 19.8. The second kappa shape index (κ2) is 11.4. The maximum atomic E-state index is 13.1. The fraction of sp³-hybridized carbons (Fsp3) is 0.417. The van der Waals surface area contributed by atoms with Crippen LogP contribution in [0.1, 0.15) is 42.6 Å². The fourth-order valence-corrected chi connectivity index (χ4v) is 4.19. The number of carbonyl (C=O) groups excluding carboxylic acids is 2. The predicted octanol–water partition coefficient (Wildman–Crippen LogP) is 3.92. The van der Waals surface area contributed by atoms with Gasteiger partial charge in [-0.25, -0.2) is 4.39 Å². The molecule has 2 aromatic rings. The molecule has 34 heavy (non-hydrogen) atoms. The van der Waals surface area contributed by atoms with Gasteiger partial charge in [0, 0.05) is 37.8 Å². The van der Waals surface area contributed by atoms with Crippen molar-refractivity contribution in [3.8, 4) is 0 Å². The van der Waals surface area contributed by atoms with Crippen LogP contribution in [0.5, 0.6) is 0 Å². The fourth-order valence-electron chi connectivity index (χ4n) is 3.93. The Morgan fingerprint density at radius 2 is 1.82 bits per heavy atom. The lowest BCUT2D eigenvalue weighted by Gasteiger charge is -2.33. The number of nitro groups is 1. The normalized spacial score (nSPS) is 15.7. The van der Waals surface area contributed by atoms with Crippen LogP contribution in [0, 0.1) is 21.8 Å². The predicted molar refractivity (Wildman–Crippen MR) is 127 cm³/mol. The lowest BCUT2D eigenvalue weighted by molar-refractivity contribution is -0.384. The highest BCUT2D eigenvalue weighted by Crippen LogP contribution is 2.23. The quantitative estimate of drug-likeness (QED) is 0.431. The van der Waals surface area contributed by atoms with Gasteiger partial charge in [-0.2, -0.15) is 0 Å². The molecule has 1 saturated heterocycles. The number of hydrogen-bond donors (Lipinski definition) is 2. The maximum Gasteiger partial charge on any atom is 0.270 e. The van der Waals surface area contributed by atoms with E-state index in [4.69, 9.17) is 11.6 Å². The number of nitrogens with zero attached hydrogens (tertiary/aromatic N) is 2. The summed E-state index contributed by atoms with van der Waals surface area (Å²) in [6.45, 7) is 5.96. The number of hydrogen-bond acceptors (Lipinski definition) is 5. The molecule has 0 spiro atoms. The molecule has 2 amide bonds. The Labute approximate surface area is 202 Å². The van der Waals surface area contributed by atoms with E-state index in [1.165, 1.54) is 24.3 Å². The van der Waals surface area contributed by atoms with Crippen molar-refractivity contribution >= 4 is 29.1 Å². The van der Waals surface area contributed by atoms with Crippen LogP contribution >= 0.6 is 11.6 Å².